The highest BCUT2D eigenvalue weighted by Gasteiger charge is 2.28. The third-order valence-electron chi connectivity index (χ3n) is 3.24. The molecule has 0 aliphatic heterocycles. The summed E-state index contributed by atoms with van der Waals surface area (Å²) in [6.45, 7) is 12.8. The lowest BCUT2D eigenvalue weighted by Gasteiger charge is -2.29. The lowest BCUT2D eigenvalue weighted by Crippen LogP contribution is -2.30. The molecule has 15 heavy (non-hydrogen) atoms. The molecule has 0 fully saturated rings. The molecule has 0 aromatic heterocycles. The summed E-state index contributed by atoms with van der Waals surface area (Å²) in [5.74, 6) is 0.482. The van der Waals surface area contributed by atoms with Crippen molar-refractivity contribution in [1.29, 1.82) is 0 Å². The fourth-order valence-corrected chi connectivity index (χ4v) is 1.33. The summed E-state index contributed by atoms with van der Waals surface area (Å²) < 4.78 is 0. The normalized spacial score (nSPS) is 13.1. The predicted octanol–water partition coefficient (Wildman–Crippen LogP) is 4.25. The Morgan fingerprint density at radius 2 is 1.87 bits per heavy atom. The molecule has 2 nitrogen and oxygen atoms in total. The highest BCUT2D eigenvalue weighted by atomic mass is 16.4. The lowest BCUT2D eigenvalue weighted by atomic mass is 9.75. The first-order valence-corrected chi connectivity index (χ1v) is 5.67. The molecule has 0 aromatic carbocycles. The highest BCUT2D eigenvalue weighted by Crippen LogP contribution is 2.30. The van der Waals surface area contributed by atoms with E-state index in [4.69, 9.17) is 5.21 Å². The molecule has 2 heteroatoms. The Morgan fingerprint density at radius 1 is 1.33 bits per heavy atom. The van der Waals surface area contributed by atoms with Crippen LogP contribution in [0.15, 0.2) is 16.8 Å². The topological polar surface area (TPSA) is 32.6 Å². The molecular formula is C13H25NO. The van der Waals surface area contributed by atoms with Crippen LogP contribution in [0.4, 0.5) is 0 Å². The maximum Gasteiger partial charge on any atom is 0.0632 e. The summed E-state index contributed by atoms with van der Waals surface area (Å²) in [4.78, 5) is 0. The van der Waals surface area contributed by atoms with Crippen LogP contribution >= 0.6 is 0 Å². The molecule has 0 unspecified atom stereocenters. The van der Waals surface area contributed by atoms with E-state index in [0.717, 1.165) is 18.6 Å². The van der Waals surface area contributed by atoms with Crippen LogP contribution in [0, 0.1) is 11.3 Å². The Labute approximate surface area is 94.1 Å². The zero-order valence-electron chi connectivity index (χ0n) is 11.0. The van der Waals surface area contributed by atoms with Gasteiger partial charge in [0.15, 0.2) is 0 Å². The fraction of sp³-hybridized carbons (Fsp3) is 0.769. The van der Waals surface area contributed by atoms with Crippen LogP contribution in [0.5, 0.6) is 0 Å². The number of allylic oxidation sites excluding steroid dienone is 2. The number of oxime groups is 1. The quantitative estimate of drug-likeness (QED) is 0.313. The Hall–Kier alpha value is -0.790. The summed E-state index contributed by atoms with van der Waals surface area (Å²) in [6.07, 6.45) is 3.98. The SMILES string of the molecule is CC(C)=CCC/C(=N\O)C(C)(C)C(C)C. The second-order valence-corrected chi connectivity index (χ2v) is 5.24. The number of rotatable bonds is 5. The molecule has 0 spiro atoms. The van der Waals surface area contributed by atoms with E-state index in [0.29, 0.717) is 5.92 Å². The Balaban J connectivity index is 4.47. The van der Waals surface area contributed by atoms with Crippen molar-refractivity contribution in [3.8, 4) is 0 Å². The van der Waals surface area contributed by atoms with Crippen molar-refractivity contribution >= 4 is 5.71 Å². The number of hydrogen-bond donors (Lipinski definition) is 1. The average Bonchev–Trinajstić information content (AvgIpc) is 2.11. The average molecular weight is 211 g/mol. The van der Waals surface area contributed by atoms with Crippen LogP contribution in [0.1, 0.15) is 54.4 Å². The first kappa shape index (κ1) is 14.2. The molecule has 0 aliphatic carbocycles. The number of hydrogen-bond acceptors (Lipinski definition) is 2. The molecule has 0 bridgehead atoms. The van der Waals surface area contributed by atoms with Crippen LogP contribution in [0.3, 0.4) is 0 Å². The predicted molar refractivity (Wildman–Crippen MR) is 66.5 cm³/mol. The van der Waals surface area contributed by atoms with Crippen LogP contribution in [-0.2, 0) is 0 Å². The molecule has 0 amide bonds. The third kappa shape index (κ3) is 4.50. The second kappa shape index (κ2) is 5.94. The van der Waals surface area contributed by atoms with Gasteiger partial charge in [-0.05, 0) is 32.6 Å². The summed E-state index contributed by atoms with van der Waals surface area (Å²) in [5.41, 5.74) is 2.19. The highest BCUT2D eigenvalue weighted by molar-refractivity contribution is 5.89. The van der Waals surface area contributed by atoms with Gasteiger partial charge in [-0.1, -0.05) is 44.5 Å². The van der Waals surface area contributed by atoms with Gasteiger partial charge in [-0.3, -0.25) is 0 Å². The van der Waals surface area contributed by atoms with Crippen molar-refractivity contribution < 1.29 is 5.21 Å². The van der Waals surface area contributed by atoms with Crippen LogP contribution < -0.4 is 0 Å². The van der Waals surface area contributed by atoms with Crippen molar-refractivity contribution in [3.05, 3.63) is 11.6 Å². The Morgan fingerprint density at radius 3 is 2.20 bits per heavy atom. The molecular weight excluding hydrogens is 186 g/mol. The Bertz CT molecular complexity index is 245. The molecule has 0 radical (unpaired) electrons. The smallest absolute Gasteiger partial charge is 0.0632 e. The molecule has 0 aliphatic rings. The van der Waals surface area contributed by atoms with E-state index in [1.54, 1.807) is 0 Å². The molecule has 0 aromatic rings. The van der Waals surface area contributed by atoms with Crippen molar-refractivity contribution in [2.24, 2.45) is 16.5 Å². The number of nitrogens with zero attached hydrogens (tertiary/aromatic N) is 1. The van der Waals surface area contributed by atoms with E-state index >= 15 is 0 Å². The van der Waals surface area contributed by atoms with Gasteiger partial charge in [0.1, 0.15) is 0 Å². The van der Waals surface area contributed by atoms with Gasteiger partial charge in [-0.25, -0.2) is 0 Å². The largest absolute Gasteiger partial charge is 0.411 e. The van der Waals surface area contributed by atoms with E-state index in [1.807, 2.05) is 0 Å². The van der Waals surface area contributed by atoms with Crippen molar-refractivity contribution in [1.82, 2.24) is 0 Å². The van der Waals surface area contributed by atoms with E-state index in [2.05, 4.69) is 52.8 Å². The molecule has 0 saturated carbocycles. The van der Waals surface area contributed by atoms with Gasteiger partial charge < -0.3 is 5.21 Å². The minimum absolute atomic E-state index is 0.0236. The minimum Gasteiger partial charge on any atom is -0.411 e. The van der Waals surface area contributed by atoms with Gasteiger partial charge in [0.25, 0.3) is 0 Å². The maximum absolute atomic E-state index is 9.04. The van der Waals surface area contributed by atoms with Gasteiger partial charge in [0, 0.05) is 5.41 Å². The zero-order valence-corrected chi connectivity index (χ0v) is 11.0. The molecule has 88 valence electrons. The van der Waals surface area contributed by atoms with Crippen molar-refractivity contribution in [2.75, 3.05) is 0 Å². The van der Waals surface area contributed by atoms with Crippen LogP contribution in [0.25, 0.3) is 0 Å². The Kier molecular flexibility index (Phi) is 5.63. The third-order valence-corrected chi connectivity index (χ3v) is 3.24. The summed E-state index contributed by atoms with van der Waals surface area (Å²) in [7, 11) is 0. The van der Waals surface area contributed by atoms with Crippen molar-refractivity contribution in [3.63, 3.8) is 0 Å². The van der Waals surface area contributed by atoms with E-state index in [-0.39, 0.29) is 5.41 Å². The lowest BCUT2D eigenvalue weighted by molar-refractivity contribution is 0.289. The van der Waals surface area contributed by atoms with E-state index in [1.165, 1.54) is 5.57 Å². The molecule has 0 saturated heterocycles. The zero-order chi connectivity index (χ0) is 12.1. The molecule has 1 N–H and O–H groups in total. The minimum atomic E-state index is -0.0236. The summed E-state index contributed by atoms with van der Waals surface area (Å²) >= 11 is 0. The van der Waals surface area contributed by atoms with Gasteiger partial charge in [0.2, 0.25) is 0 Å². The first-order valence-electron chi connectivity index (χ1n) is 5.67. The summed E-state index contributed by atoms with van der Waals surface area (Å²) in [6, 6.07) is 0. The van der Waals surface area contributed by atoms with Gasteiger partial charge >= 0.3 is 0 Å². The molecule has 0 heterocycles. The van der Waals surface area contributed by atoms with Gasteiger partial charge in [0.05, 0.1) is 5.71 Å². The van der Waals surface area contributed by atoms with E-state index < -0.39 is 0 Å². The monoisotopic (exact) mass is 211 g/mol. The maximum atomic E-state index is 9.04. The van der Waals surface area contributed by atoms with Crippen LogP contribution in [0.2, 0.25) is 0 Å². The summed E-state index contributed by atoms with van der Waals surface area (Å²) in [5, 5.41) is 12.5. The van der Waals surface area contributed by atoms with Gasteiger partial charge in [-0.2, -0.15) is 0 Å². The van der Waals surface area contributed by atoms with Gasteiger partial charge in [-0.15, -0.1) is 0 Å². The molecule has 0 atom stereocenters. The standard InChI is InChI=1S/C13H25NO/c1-10(2)8-7-9-12(14-15)13(5,6)11(3)4/h8,11,15H,7,9H2,1-6H3/b14-12+. The molecule has 0 rings (SSSR count). The van der Waals surface area contributed by atoms with Crippen molar-refractivity contribution in [2.45, 2.75) is 54.4 Å². The second-order valence-electron chi connectivity index (χ2n) is 5.24. The van der Waals surface area contributed by atoms with Crippen LogP contribution in [-0.4, -0.2) is 10.9 Å². The van der Waals surface area contributed by atoms with E-state index in [9.17, 15) is 0 Å². The first-order chi connectivity index (χ1) is 6.82. The fourth-order valence-electron chi connectivity index (χ4n) is 1.33.